The molecule has 0 aliphatic carbocycles. The molecule has 3 aromatic carbocycles. The van der Waals surface area contributed by atoms with E-state index in [0.717, 1.165) is 31.6 Å². The number of urea groups is 1. The van der Waals surface area contributed by atoms with Gasteiger partial charge in [-0.2, -0.15) is 5.26 Å². The fraction of sp³-hybridized carbons (Fsp3) is 0.281. The van der Waals surface area contributed by atoms with Gasteiger partial charge in [0.25, 0.3) is 11.9 Å². The minimum absolute atomic E-state index is 0.195. The van der Waals surface area contributed by atoms with Crippen LogP contribution in [0.4, 0.5) is 16.2 Å². The Balaban J connectivity index is 0.000000789. The lowest BCUT2D eigenvalue weighted by Gasteiger charge is -2.42. The third-order valence-corrected chi connectivity index (χ3v) is 6.31. The van der Waals surface area contributed by atoms with Gasteiger partial charge in [0.2, 0.25) is 5.96 Å². The summed E-state index contributed by atoms with van der Waals surface area (Å²) in [6.45, 7) is 4.45. The van der Waals surface area contributed by atoms with Gasteiger partial charge in [0, 0.05) is 50.7 Å². The highest BCUT2D eigenvalue weighted by molar-refractivity contribution is 6.30. The number of amides is 2. The molecule has 2 amide bonds. The Morgan fingerprint density at radius 2 is 1.53 bits per heavy atom. The van der Waals surface area contributed by atoms with Gasteiger partial charge < -0.3 is 30.2 Å². The number of benzene rings is 3. The standard InChI is InChI=1S/C28H30ClN7O.2C2H4O2/c1-34(2)18-21-8-12-24(13-9-21)32-27(31-20-30)35-16-17-36(26(19-35)22-6-4-3-5-7-22)28(37)33-25-14-10-23(29)11-15-25;2*1-2(3)4/h3-15,26H,16-19H2,1-2H3,(H,31,32)(H,33,37);2*1H3,(H,3,4). The van der Waals surface area contributed by atoms with Gasteiger partial charge in [0.05, 0.1) is 11.7 Å². The number of carbonyl (C=O) groups excluding carboxylic acids is 1. The van der Waals surface area contributed by atoms with E-state index in [1.807, 2.05) is 84.7 Å². The molecule has 0 bridgehead atoms. The molecule has 1 atom stereocenters. The SMILES string of the molecule is CC(=O)O.CC(=O)O.CN(C)Cc1ccc(N=C(NC#N)N2CCN(C(=O)Nc3ccc(Cl)cc3)C(c3ccccc3)C2)cc1. The quantitative estimate of drug-likeness (QED) is 0.127. The molecule has 0 saturated carbocycles. The van der Waals surface area contributed by atoms with Crippen LogP contribution < -0.4 is 10.6 Å². The van der Waals surface area contributed by atoms with E-state index in [1.165, 1.54) is 5.56 Å². The number of aliphatic carboxylic acids is 2. The molecular weight excluding hydrogens is 598 g/mol. The second-order valence-electron chi connectivity index (χ2n) is 10.1. The summed E-state index contributed by atoms with van der Waals surface area (Å²) in [5, 5.41) is 30.6. The molecule has 1 unspecified atom stereocenters. The highest BCUT2D eigenvalue weighted by Crippen LogP contribution is 2.27. The van der Waals surface area contributed by atoms with Crippen molar-refractivity contribution in [2.45, 2.75) is 26.4 Å². The Morgan fingerprint density at radius 3 is 2.07 bits per heavy atom. The van der Waals surface area contributed by atoms with E-state index in [9.17, 15) is 10.1 Å². The molecular formula is C32H38ClN7O5. The lowest BCUT2D eigenvalue weighted by molar-refractivity contribution is -0.135. The van der Waals surface area contributed by atoms with Crippen LogP contribution in [0, 0.1) is 11.5 Å². The van der Waals surface area contributed by atoms with Crippen LogP contribution in [0.3, 0.4) is 0 Å². The number of carboxylic acids is 2. The molecule has 12 nitrogen and oxygen atoms in total. The first-order chi connectivity index (χ1) is 21.4. The molecule has 4 N–H and O–H groups in total. The predicted molar refractivity (Wildman–Crippen MR) is 174 cm³/mol. The van der Waals surface area contributed by atoms with Gasteiger partial charge in [-0.15, -0.1) is 0 Å². The highest BCUT2D eigenvalue weighted by atomic mass is 35.5. The van der Waals surface area contributed by atoms with Gasteiger partial charge in [-0.25, -0.2) is 9.79 Å². The average Bonchev–Trinajstić information content (AvgIpc) is 2.98. The summed E-state index contributed by atoms with van der Waals surface area (Å²) >= 11 is 5.99. The molecule has 1 saturated heterocycles. The van der Waals surface area contributed by atoms with E-state index in [1.54, 1.807) is 24.3 Å². The first kappa shape index (κ1) is 36.1. The van der Waals surface area contributed by atoms with Crippen molar-refractivity contribution in [1.29, 1.82) is 5.26 Å². The molecule has 4 rings (SSSR count). The number of carboxylic acid groups (broad SMARTS) is 2. The maximum Gasteiger partial charge on any atom is 0.322 e. The molecule has 1 heterocycles. The number of hydrogen-bond donors (Lipinski definition) is 4. The van der Waals surface area contributed by atoms with E-state index in [2.05, 4.69) is 15.5 Å². The van der Waals surface area contributed by atoms with Gasteiger partial charge >= 0.3 is 6.03 Å². The lowest BCUT2D eigenvalue weighted by atomic mass is 10.0. The summed E-state index contributed by atoms with van der Waals surface area (Å²) in [6.07, 6.45) is 2.02. The molecule has 3 aromatic rings. The van der Waals surface area contributed by atoms with E-state index in [0.29, 0.717) is 36.3 Å². The zero-order valence-electron chi connectivity index (χ0n) is 25.6. The van der Waals surface area contributed by atoms with Crippen LogP contribution in [0.1, 0.15) is 31.0 Å². The molecule has 0 spiro atoms. The summed E-state index contributed by atoms with van der Waals surface area (Å²) < 4.78 is 0. The molecule has 13 heteroatoms. The fourth-order valence-corrected chi connectivity index (χ4v) is 4.42. The molecule has 1 aliphatic rings. The minimum atomic E-state index is -0.833. The maximum atomic E-state index is 13.3. The van der Waals surface area contributed by atoms with Crippen LogP contribution in [0.2, 0.25) is 5.02 Å². The monoisotopic (exact) mass is 635 g/mol. The Morgan fingerprint density at radius 1 is 0.956 bits per heavy atom. The number of rotatable bonds is 5. The normalized spacial score (nSPS) is 14.2. The van der Waals surface area contributed by atoms with Crippen LogP contribution in [-0.2, 0) is 16.1 Å². The van der Waals surface area contributed by atoms with E-state index < -0.39 is 11.9 Å². The minimum Gasteiger partial charge on any atom is -0.481 e. The molecule has 1 fully saturated rings. The first-order valence-electron chi connectivity index (χ1n) is 13.9. The number of halogens is 1. The number of nitrogens with zero attached hydrogens (tertiary/aromatic N) is 5. The summed E-state index contributed by atoms with van der Waals surface area (Å²) in [5.41, 5.74) is 3.61. The van der Waals surface area contributed by atoms with Crippen molar-refractivity contribution in [2.24, 2.45) is 4.99 Å². The zero-order chi connectivity index (χ0) is 33.4. The number of carbonyl (C=O) groups is 3. The Bertz CT molecular complexity index is 1440. The van der Waals surface area contributed by atoms with Crippen molar-refractivity contribution in [1.82, 2.24) is 20.0 Å². The third-order valence-electron chi connectivity index (χ3n) is 6.06. The van der Waals surface area contributed by atoms with Gasteiger partial charge in [-0.3, -0.25) is 14.9 Å². The Kier molecular flexibility index (Phi) is 14.8. The third kappa shape index (κ3) is 13.4. The highest BCUT2D eigenvalue weighted by Gasteiger charge is 2.33. The first-order valence-corrected chi connectivity index (χ1v) is 14.3. The Labute approximate surface area is 268 Å². The van der Waals surface area contributed by atoms with Crippen molar-refractivity contribution in [3.05, 3.63) is 95.0 Å². The molecule has 0 aromatic heterocycles. The summed E-state index contributed by atoms with van der Waals surface area (Å²) in [5.74, 6) is -1.21. The topological polar surface area (TPSA) is 162 Å². The summed E-state index contributed by atoms with van der Waals surface area (Å²) in [4.78, 5) is 42.0. The summed E-state index contributed by atoms with van der Waals surface area (Å²) in [6, 6.07) is 24.5. The largest absolute Gasteiger partial charge is 0.481 e. The van der Waals surface area contributed by atoms with Crippen LogP contribution in [0.15, 0.2) is 83.9 Å². The van der Waals surface area contributed by atoms with Crippen LogP contribution in [0.5, 0.6) is 0 Å². The van der Waals surface area contributed by atoms with E-state index in [4.69, 9.17) is 36.4 Å². The van der Waals surface area contributed by atoms with Crippen molar-refractivity contribution in [3.8, 4) is 6.19 Å². The molecule has 238 valence electrons. The maximum absolute atomic E-state index is 13.3. The smallest absolute Gasteiger partial charge is 0.322 e. The zero-order valence-corrected chi connectivity index (χ0v) is 26.4. The van der Waals surface area contributed by atoms with Crippen molar-refractivity contribution in [3.63, 3.8) is 0 Å². The number of aliphatic imine (C=N–C) groups is 1. The number of nitriles is 1. The van der Waals surface area contributed by atoms with Crippen molar-refractivity contribution in [2.75, 3.05) is 39.0 Å². The number of hydrogen-bond acceptors (Lipinski definition) is 6. The van der Waals surface area contributed by atoms with Crippen LogP contribution >= 0.6 is 11.6 Å². The average molecular weight is 636 g/mol. The lowest BCUT2D eigenvalue weighted by Crippen LogP contribution is -2.55. The molecule has 0 radical (unpaired) electrons. The second-order valence-corrected chi connectivity index (χ2v) is 10.6. The fourth-order valence-electron chi connectivity index (χ4n) is 4.30. The number of guanidine groups is 1. The number of nitrogens with one attached hydrogen (secondary N) is 2. The predicted octanol–water partition coefficient (Wildman–Crippen LogP) is 5.23. The van der Waals surface area contributed by atoms with Crippen molar-refractivity contribution < 1.29 is 24.6 Å². The second kappa shape index (κ2) is 18.5. The van der Waals surface area contributed by atoms with Gasteiger partial charge in [-0.05, 0) is 61.6 Å². The number of piperazine rings is 1. The van der Waals surface area contributed by atoms with Crippen molar-refractivity contribution >= 4 is 46.9 Å². The van der Waals surface area contributed by atoms with Gasteiger partial charge in [-0.1, -0.05) is 54.1 Å². The van der Waals surface area contributed by atoms with Gasteiger partial charge in [0.1, 0.15) is 0 Å². The molecule has 1 aliphatic heterocycles. The van der Waals surface area contributed by atoms with Gasteiger partial charge in [0.15, 0.2) is 6.19 Å². The van der Waals surface area contributed by atoms with Crippen LogP contribution in [0.25, 0.3) is 0 Å². The van der Waals surface area contributed by atoms with E-state index in [-0.39, 0.29) is 12.1 Å². The van der Waals surface area contributed by atoms with E-state index >= 15 is 0 Å². The number of anilines is 1. The molecule has 45 heavy (non-hydrogen) atoms. The Hall–Kier alpha value is -5.12. The van der Waals surface area contributed by atoms with Crippen LogP contribution in [-0.4, -0.2) is 82.6 Å². The summed E-state index contributed by atoms with van der Waals surface area (Å²) in [7, 11) is 4.05.